The van der Waals surface area contributed by atoms with Gasteiger partial charge >= 0.3 is 12.0 Å². The third-order valence-electron chi connectivity index (χ3n) is 7.81. The maximum Gasteiger partial charge on any atom is 0.323 e. The lowest BCUT2D eigenvalue weighted by molar-refractivity contribution is -0.140. The molecule has 0 radical (unpaired) electrons. The van der Waals surface area contributed by atoms with Gasteiger partial charge in [-0.05, 0) is 30.6 Å². The Morgan fingerprint density at radius 3 is 2.45 bits per heavy atom. The van der Waals surface area contributed by atoms with Gasteiger partial charge in [-0.2, -0.15) is 9.97 Å². The largest absolute Gasteiger partial charge is 0.481 e. The van der Waals surface area contributed by atoms with Crippen LogP contribution >= 0.6 is 15.9 Å². The SMILES string of the molecule is COc1nc(OCC2(OCCCN3CCOCC3)C=CC=C(c3ccccc3)C2(C)Br)nc(OC)c1CN[C@@H](CO)C(=O)O. The van der Waals surface area contributed by atoms with Crippen LogP contribution in [-0.4, -0.2) is 114 Å². The van der Waals surface area contributed by atoms with Crippen molar-refractivity contribution in [3.63, 3.8) is 0 Å². The number of allylic oxidation sites excluding steroid dienone is 2. The van der Waals surface area contributed by atoms with Crippen LogP contribution < -0.4 is 19.5 Å². The number of aromatic nitrogens is 2. The first kappa shape index (κ1) is 33.8. The van der Waals surface area contributed by atoms with Gasteiger partial charge in [0, 0.05) is 32.8 Å². The number of hydrogen-bond acceptors (Lipinski definition) is 11. The molecule has 1 saturated heterocycles. The second-order valence-corrected chi connectivity index (χ2v) is 12.2. The molecule has 3 N–H and O–H groups in total. The van der Waals surface area contributed by atoms with E-state index in [1.165, 1.54) is 14.2 Å². The van der Waals surface area contributed by atoms with Crippen LogP contribution in [0.3, 0.4) is 0 Å². The number of hydrogen-bond donors (Lipinski definition) is 3. The Morgan fingerprint density at radius 1 is 1.16 bits per heavy atom. The number of alkyl halides is 1. The molecule has 2 aliphatic rings. The number of carbonyl (C=O) groups is 1. The summed E-state index contributed by atoms with van der Waals surface area (Å²) in [7, 11) is 2.87. The minimum absolute atomic E-state index is 0.00296. The Morgan fingerprint density at radius 2 is 1.84 bits per heavy atom. The summed E-state index contributed by atoms with van der Waals surface area (Å²) >= 11 is 4.02. The predicted octanol–water partition coefficient (Wildman–Crippen LogP) is 2.69. The van der Waals surface area contributed by atoms with Crippen LogP contribution in [0.4, 0.5) is 0 Å². The number of rotatable bonds is 16. The Bertz CT molecular complexity index is 1280. The minimum atomic E-state index is -1.19. The van der Waals surface area contributed by atoms with Gasteiger partial charge in [0.25, 0.3) is 0 Å². The van der Waals surface area contributed by atoms with E-state index in [1.807, 2.05) is 30.4 Å². The molecule has 1 aliphatic heterocycles. The smallest absolute Gasteiger partial charge is 0.323 e. The summed E-state index contributed by atoms with van der Waals surface area (Å²) in [6.45, 7) is 6.22. The molecule has 2 unspecified atom stereocenters. The van der Waals surface area contributed by atoms with Crippen LogP contribution in [0.2, 0.25) is 0 Å². The molecule has 2 heterocycles. The average Bonchev–Trinajstić information content (AvgIpc) is 3.04. The summed E-state index contributed by atoms with van der Waals surface area (Å²) in [5, 5.41) is 21.4. The zero-order valence-electron chi connectivity index (χ0n) is 25.3. The van der Waals surface area contributed by atoms with Gasteiger partial charge in [-0.1, -0.05) is 58.4 Å². The molecule has 1 fully saturated rings. The zero-order chi connectivity index (χ0) is 31.6. The third-order valence-corrected chi connectivity index (χ3v) is 8.91. The number of aliphatic carboxylic acids is 1. The summed E-state index contributed by atoms with van der Waals surface area (Å²) < 4.78 is 28.7. The lowest BCUT2D eigenvalue weighted by Crippen LogP contribution is -2.55. The van der Waals surface area contributed by atoms with Crippen molar-refractivity contribution >= 4 is 27.5 Å². The summed E-state index contributed by atoms with van der Waals surface area (Å²) in [4.78, 5) is 22.6. The Hall–Kier alpha value is -3.07. The van der Waals surface area contributed by atoms with Crippen LogP contribution in [0.1, 0.15) is 24.5 Å². The number of aliphatic hydroxyl groups excluding tert-OH is 1. The summed E-state index contributed by atoms with van der Waals surface area (Å²) in [6.07, 6.45) is 6.87. The van der Waals surface area contributed by atoms with Gasteiger partial charge in [0.15, 0.2) is 0 Å². The van der Waals surface area contributed by atoms with Crippen molar-refractivity contribution in [3.8, 4) is 17.8 Å². The maximum atomic E-state index is 11.4. The van der Waals surface area contributed by atoms with Gasteiger partial charge in [-0.15, -0.1) is 0 Å². The number of aliphatic hydroxyl groups is 1. The monoisotopic (exact) mass is 676 g/mol. The number of carboxylic acid groups (broad SMARTS) is 1. The highest BCUT2D eigenvalue weighted by Crippen LogP contribution is 2.48. The van der Waals surface area contributed by atoms with Crippen molar-refractivity contribution in [1.82, 2.24) is 20.2 Å². The quantitative estimate of drug-likeness (QED) is 0.178. The molecule has 13 heteroatoms. The fraction of sp³-hybridized carbons (Fsp3) is 0.516. The molecule has 3 atom stereocenters. The van der Waals surface area contributed by atoms with Crippen LogP contribution in [-0.2, 0) is 20.8 Å². The number of ether oxygens (including phenoxy) is 5. The maximum absolute atomic E-state index is 11.4. The molecular formula is C31H41BrN4O8. The number of carboxylic acids is 1. The molecule has 0 saturated carbocycles. The van der Waals surface area contributed by atoms with Crippen molar-refractivity contribution in [3.05, 3.63) is 59.7 Å². The van der Waals surface area contributed by atoms with Gasteiger partial charge in [0.2, 0.25) is 11.8 Å². The van der Waals surface area contributed by atoms with E-state index < -0.39 is 28.5 Å². The Kier molecular flexibility index (Phi) is 12.1. The fourth-order valence-electron chi connectivity index (χ4n) is 5.21. The lowest BCUT2D eigenvalue weighted by Gasteiger charge is -2.46. The number of nitrogens with one attached hydrogen (secondary N) is 1. The van der Waals surface area contributed by atoms with E-state index in [4.69, 9.17) is 23.7 Å². The van der Waals surface area contributed by atoms with Crippen LogP contribution in [0.25, 0.3) is 5.57 Å². The van der Waals surface area contributed by atoms with E-state index in [9.17, 15) is 15.0 Å². The highest BCUT2D eigenvalue weighted by atomic mass is 79.9. The van der Waals surface area contributed by atoms with E-state index in [-0.39, 0.29) is 30.9 Å². The van der Waals surface area contributed by atoms with Crippen molar-refractivity contribution in [2.24, 2.45) is 0 Å². The number of benzene rings is 1. The minimum Gasteiger partial charge on any atom is -0.481 e. The number of halogens is 1. The molecular weight excluding hydrogens is 636 g/mol. The molecule has 0 amide bonds. The van der Waals surface area contributed by atoms with Gasteiger partial charge in [-0.25, -0.2) is 0 Å². The topological polar surface area (TPSA) is 145 Å². The molecule has 1 aromatic carbocycles. The fourth-order valence-corrected chi connectivity index (χ4v) is 5.93. The van der Waals surface area contributed by atoms with E-state index >= 15 is 0 Å². The van der Waals surface area contributed by atoms with Gasteiger partial charge < -0.3 is 33.9 Å². The van der Waals surface area contributed by atoms with Crippen LogP contribution in [0.5, 0.6) is 17.8 Å². The van der Waals surface area contributed by atoms with Gasteiger partial charge in [0.1, 0.15) is 18.2 Å². The Labute approximate surface area is 266 Å². The van der Waals surface area contributed by atoms with Crippen LogP contribution in [0, 0.1) is 0 Å². The molecule has 4 rings (SSSR count). The lowest BCUT2D eigenvalue weighted by atomic mass is 9.77. The first-order valence-electron chi connectivity index (χ1n) is 14.5. The van der Waals surface area contributed by atoms with Crippen LogP contribution in [0.15, 0.2) is 48.6 Å². The zero-order valence-corrected chi connectivity index (χ0v) is 26.9. The normalized spacial score (nSPS) is 22.7. The highest BCUT2D eigenvalue weighted by Gasteiger charge is 2.51. The van der Waals surface area contributed by atoms with Gasteiger partial charge in [0.05, 0.1) is 43.9 Å². The summed E-state index contributed by atoms with van der Waals surface area (Å²) in [6, 6.07) is 8.93. The molecule has 0 bridgehead atoms. The molecule has 240 valence electrons. The van der Waals surface area contributed by atoms with E-state index in [1.54, 1.807) is 0 Å². The predicted molar refractivity (Wildman–Crippen MR) is 167 cm³/mol. The van der Waals surface area contributed by atoms with Crippen molar-refractivity contribution < 1.29 is 38.7 Å². The molecule has 2 aromatic rings. The van der Waals surface area contributed by atoms with Crippen molar-refractivity contribution in [1.29, 1.82) is 0 Å². The Balaban J connectivity index is 1.57. The van der Waals surface area contributed by atoms with E-state index in [0.29, 0.717) is 12.2 Å². The molecule has 1 aliphatic carbocycles. The number of methoxy groups -OCH3 is 2. The number of nitrogens with zero attached hydrogens (tertiary/aromatic N) is 3. The van der Waals surface area contributed by atoms with Crippen molar-refractivity contribution in [2.45, 2.75) is 35.9 Å². The molecule has 12 nitrogen and oxygen atoms in total. The third kappa shape index (κ3) is 7.95. The van der Waals surface area contributed by atoms with Crippen molar-refractivity contribution in [2.75, 3.05) is 66.9 Å². The summed E-state index contributed by atoms with van der Waals surface area (Å²) in [5.41, 5.74) is 1.52. The second-order valence-electron chi connectivity index (χ2n) is 10.6. The number of morpholine rings is 1. The van der Waals surface area contributed by atoms with Gasteiger partial charge in [-0.3, -0.25) is 15.0 Å². The van der Waals surface area contributed by atoms with E-state index in [2.05, 4.69) is 61.2 Å². The molecule has 1 aromatic heterocycles. The van der Waals surface area contributed by atoms with E-state index in [0.717, 1.165) is 50.4 Å². The standard InChI is InChI=1S/C31H41BrN4O8/c1-30(32)24(22-9-5-4-6-10-22)11-7-12-31(30,44-16-8-13-36-14-17-42-18-15-36)21-43-29-34-26(40-2)23(27(35-29)41-3)19-33-25(20-37)28(38)39/h4-7,9-12,25,33,37H,8,13-21H2,1-3H3,(H,38,39)/t25-,30?,31?/m0/s1. The highest BCUT2D eigenvalue weighted by molar-refractivity contribution is 9.10. The first-order valence-corrected chi connectivity index (χ1v) is 15.3. The second kappa shape index (κ2) is 15.8. The summed E-state index contributed by atoms with van der Waals surface area (Å²) in [5.74, 6) is -0.899. The first-order chi connectivity index (χ1) is 21.2. The molecule has 44 heavy (non-hydrogen) atoms. The average molecular weight is 678 g/mol. The molecule has 0 spiro atoms.